The second-order valence-corrected chi connectivity index (χ2v) is 5.92. The van der Waals surface area contributed by atoms with Gasteiger partial charge in [-0.2, -0.15) is 0 Å². The summed E-state index contributed by atoms with van der Waals surface area (Å²) in [4.78, 5) is 24.4. The van der Waals surface area contributed by atoms with Crippen LogP contribution in [0.15, 0.2) is 36.4 Å². The summed E-state index contributed by atoms with van der Waals surface area (Å²) >= 11 is 0. The van der Waals surface area contributed by atoms with Crippen LogP contribution in [0.2, 0.25) is 0 Å². The fraction of sp³-hybridized carbons (Fsp3) is 0.300. The molecule has 0 atom stereocenters. The number of ether oxygens (including phenoxy) is 3. The lowest BCUT2D eigenvalue weighted by Crippen LogP contribution is -2.21. The molecule has 3 rings (SSSR count). The van der Waals surface area contributed by atoms with E-state index in [1.54, 1.807) is 24.3 Å². The largest absolute Gasteiger partial charge is 0.493 e. The molecule has 0 unspecified atom stereocenters. The van der Waals surface area contributed by atoms with E-state index in [9.17, 15) is 9.59 Å². The van der Waals surface area contributed by atoms with Crippen LogP contribution in [0.4, 0.5) is 0 Å². The maximum Gasteiger partial charge on any atom is 0.349 e. The van der Waals surface area contributed by atoms with Gasteiger partial charge in [-0.1, -0.05) is 18.2 Å². The van der Waals surface area contributed by atoms with Gasteiger partial charge in [0, 0.05) is 6.42 Å². The molecule has 130 valence electrons. The highest BCUT2D eigenvalue weighted by Gasteiger charge is 2.24. The van der Waals surface area contributed by atoms with Crippen LogP contribution in [-0.4, -0.2) is 25.5 Å². The molecule has 0 aromatic heterocycles. The van der Waals surface area contributed by atoms with Crippen molar-refractivity contribution in [2.45, 2.75) is 26.2 Å². The van der Waals surface area contributed by atoms with Gasteiger partial charge < -0.3 is 14.2 Å². The van der Waals surface area contributed by atoms with Gasteiger partial charge in [0.25, 0.3) is 0 Å². The Morgan fingerprint density at radius 2 is 1.80 bits per heavy atom. The number of rotatable bonds is 5. The molecule has 0 fully saturated rings. The van der Waals surface area contributed by atoms with Crippen LogP contribution < -0.4 is 14.2 Å². The maximum atomic E-state index is 12.3. The smallest absolute Gasteiger partial charge is 0.349 e. The molecule has 0 bridgehead atoms. The second kappa shape index (κ2) is 7.38. The Morgan fingerprint density at radius 3 is 2.56 bits per heavy atom. The molecule has 5 heteroatoms. The van der Waals surface area contributed by atoms with E-state index < -0.39 is 5.97 Å². The first-order valence-corrected chi connectivity index (χ1v) is 8.22. The molecule has 5 nitrogen and oxygen atoms in total. The number of aryl methyl sites for hydroxylation is 1. The first-order valence-electron chi connectivity index (χ1n) is 8.22. The minimum atomic E-state index is -0.560. The molecule has 2 aromatic carbocycles. The predicted octanol–water partition coefficient (Wildman–Crippen LogP) is 3.51. The summed E-state index contributed by atoms with van der Waals surface area (Å²) in [5.41, 5.74) is 2.57. The fourth-order valence-corrected chi connectivity index (χ4v) is 3.02. The molecule has 0 spiro atoms. The van der Waals surface area contributed by atoms with Crippen LogP contribution in [0.1, 0.15) is 34.3 Å². The standard InChI is InChI=1S/C20H20O5/c1-13-10-11-18(20-14(13)6-5-7-15(20)21)25-19(22)12-24-17-9-4-3-8-16(17)23-2/h3-4,8-11H,5-7,12H2,1-2H3. The monoisotopic (exact) mass is 340 g/mol. The zero-order valence-corrected chi connectivity index (χ0v) is 14.3. The molecule has 0 heterocycles. The quantitative estimate of drug-likeness (QED) is 0.616. The Balaban J connectivity index is 1.73. The summed E-state index contributed by atoms with van der Waals surface area (Å²) in [5, 5.41) is 0. The highest BCUT2D eigenvalue weighted by Crippen LogP contribution is 2.32. The van der Waals surface area contributed by atoms with E-state index in [2.05, 4.69) is 0 Å². The highest BCUT2D eigenvalue weighted by molar-refractivity contribution is 6.02. The van der Waals surface area contributed by atoms with E-state index in [1.807, 2.05) is 19.1 Å². The van der Waals surface area contributed by atoms with Crippen molar-refractivity contribution in [3.05, 3.63) is 53.1 Å². The van der Waals surface area contributed by atoms with Crippen molar-refractivity contribution in [2.75, 3.05) is 13.7 Å². The maximum absolute atomic E-state index is 12.3. The third kappa shape index (κ3) is 3.65. The van der Waals surface area contributed by atoms with Gasteiger partial charge >= 0.3 is 5.97 Å². The normalized spacial score (nSPS) is 13.1. The third-order valence-corrected chi connectivity index (χ3v) is 4.26. The van der Waals surface area contributed by atoms with E-state index in [4.69, 9.17) is 14.2 Å². The Labute approximate surface area is 146 Å². The number of fused-ring (bicyclic) bond motifs is 1. The number of esters is 1. The lowest BCUT2D eigenvalue weighted by molar-refractivity contribution is -0.136. The van der Waals surface area contributed by atoms with Crippen LogP contribution in [0, 0.1) is 6.92 Å². The number of carbonyl (C=O) groups is 2. The lowest BCUT2D eigenvalue weighted by atomic mass is 9.87. The van der Waals surface area contributed by atoms with E-state index in [0.29, 0.717) is 29.2 Å². The van der Waals surface area contributed by atoms with Crippen molar-refractivity contribution in [2.24, 2.45) is 0 Å². The third-order valence-electron chi connectivity index (χ3n) is 4.26. The van der Waals surface area contributed by atoms with Crippen molar-refractivity contribution >= 4 is 11.8 Å². The number of hydrogen-bond donors (Lipinski definition) is 0. The van der Waals surface area contributed by atoms with Crippen LogP contribution in [0.3, 0.4) is 0 Å². The predicted molar refractivity (Wildman–Crippen MR) is 92.6 cm³/mol. The Kier molecular flexibility index (Phi) is 5.03. The van der Waals surface area contributed by atoms with Crippen molar-refractivity contribution in [3.63, 3.8) is 0 Å². The Bertz CT molecular complexity index is 810. The van der Waals surface area contributed by atoms with Crippen LogP contribution in [0.5, 0.6) is 17.2 Å². The van der Waals surface area contributed by atoms with Crippen LogP contribution in [0.25, 0.3) is 0 Å². The number of hydrogen-bond acceptors (Lipinski definition) is 5. The van der Waals surface area contributed by atoms with E-state index in [0.717, 1.165) is 24.0 Å². The molecule has 25 heavy (non-hydrogen) atoms. The molecule has 0 saturated carbocycles. The van der Waals surface area contributed by atoms with Gasteiger partial charge in [0.1, 0.15) is 5.75 Å². The van der Waals surface area contributed by atoms with Crippen molar-refractivity contribution in [1.82, 2.24) is 0 Å². The summed E-state index contributed by atoms with van der Waals surface area (Å²) in [6.07, 6.45) is 2.15. The van der Waals surface area contributed by atoms with Crippen LogP contribution in [-0.2, 0) is 11.2 Å². The van der Waals surface area contributed by atoms with Gasteiger partial charge in [-0.05, 0) is 49.1 Å². The average molecular weight is 340 g/mol. The first kappa shape index (κ1) is 17.0. The minimum absolute atomic E-state index is 0.0263. The lowest BCUT2D eigenvalue weighted by Gasteiger charge is -2.20. The van der Waals surface area contributed by atoms with Gasteiger partial charge in [0.15, 0.2) is 23.9 Å². The van der Waals surface area contributed by atoms with Gasteiger partial charge in [0.2, 0.25) is 0 Å². The Hall–Kier alpha value is -2.82. The number of benzene rings is 2. The summed E-state index contributed by atoms with van der Waals surface area (Å²) < 4.78 is 16.1. The summed E-state index contributed by atoms with van der Waals surface area (Å²) in [6.45, 7) is 1.70. The second-order valence-electron chi connectivity index (χ2n) is 5.92. The molecule has 0 aliphatic heterocycles. The van der Waals surface area contributed by atoms with E-state index in [-0.39, 0.29) is 12.4 Å². The summed E-state index contributed by atoms with van der Waals surface area (Å²) in [5.74, 6) is 0.787. The Morgan fingerprint density at radius 1 is 1.04 bits per heavy atom. The number of para-hydroxylation sites is 2. The molecule has 1 aliphatic carbocycles. The molecule has 0 N–H and O–H groups in total. The molecule has 2 aromatic rings. The molecule has 0 radical (unpaired) electrons. The molecular weight excluding hydrogens is 320 g/mol. The van der Waals surface area contributed by atoms with Crippen molar-refractivity contribution in [1.29, 1.82) is 0 Å². The van der Waals surface area contributed by atoms with E-state index in [1.165, 1.54) is 7.11 Å². The molecule has 0 amide bonds. The van der Waals surface area contributed by atoms with Crippen molar-refractivity contribution in [3.8, 4) is 17.2 Å². The fourth-order valence-electron chi connectivity index (χ4n) is 3.02. The number of Topliss-reactive ketones (excluding diaryl/α,β-unsaturated/α-hetero) is 1. The molecule has 0 saturated heterocycles. The van der Waals surface area contributed by atoms with Gasteiger partial charge in [-0.25, -0.2) is 4.79 Å². The topological polar surface area (TPSA) is 61.8 Å². The van der Waals surface area contributed by atoms with Gasteiger partial charge in [-0.3, -0.25) is 4.79 Å². The number of ketones is 1. The molecular formula is C20H20O5. The average Bonchev–Trinajstić information content (AvgIpc) is 2.63. The summed E-state index contributed by atoms with van der Waals surface area (Å²) in [7, 11) is 1.53. The molecule has 1 aliphatic rings. The number of methoxy groups -OCH3 is 1. The first-order chi connectivity index (χ1) is 12.1. The minimum Gasteiger partial charge on any atom is -0.493 e. The zero-order valence-electron chi connectivity index (χ0n) is 14.3. The van der Waals surface area contributed by atoms with E-state index >= 15 is 0 Å². The van der Waals surface area contributed by atoms with Gasteiger partial charge in [0.05, 0.1) is 12.7 Å². The SMILES string of the molecule is COc1ccccc1OCC(=O)Oc1ccc(C)c2c1C(=O)CCC2. The summed E-state index contributed by atoms with van der Waals surface area (Å²) in [6, 6.07) is 10.6. The zero-order chi connectivity index (χ0) is 17.8. The van der Waals surface area contributed by atoms with Crippen LogP contribution >= 0.6 is 0 Å². The van der Waals surface area contributed by atoms with Crippen molar-refractivity contribution < 1.29 is 23.8 Å². The highest BCUT2D eigenvalue weighted by atomic mass is 16.6. The van der Waals surface area contributed by atoms with Gasteiger partial charge in [-0.15, -0.1) is 0 Å². The number of carbonyl (C=O) groups excluding carboxylic acids is 2.